The molecule has 0 saturated heterocycles. The molecule has 0 aliphatic carbocycles. The van der Waals surface area contributed by atoms with Crippen molar-refractivity contribution >= 4 is 148 Å². The van der Waals surface area contributed by atoms with Gasteiger partial charge in [0.05, 0.1) is 65.3 Å². The van der Waals surface area contributed by atoms with Crippen molar-refractivity contribution < 1.29 is 116 Å². The number of imidazole rings is 1. The fraction of sp³-hybridized carbons (Fsp3) is 0.674. The van der Waals surface area contributed by atoms with E-state index in [1.165, 1.54) is 33.3 Å². The number of unbranched alkanes of at least 4 members (excludes halogenated alkanes) is 5. The Kier molecular flexibility index (Phi) is 66.3. The monoisotopic (exact) mass is 2080 g/mol. The third-order valence-corrected chi connectivity index (χ3v) is 21.2. The molecule has 1 aromatic heterocycles. The van der Waals surface area contributed by atoms with Crippen LogP contribution in [0.2, 0.25) is 0 Å². The predicted molar refractivity (Wildman–Crippen MR) is 527 cm³/mol. The number of nitrogens with two attached hydrogens (primary N) is 7. The number of nitrogens with zero attached hydrogens (tertiary/aromatic N) is 1. The molecule has 0 fully saturated rings. The van der Waals surface area contributed by atoms with Gasteiger partial charge in [0, 0.05) is 64.9 Å². The van der Waals surface area contributed by atoms with Gasteiger partial charge in [-0.2, -0.15) is 0 Å². The van der Waals surface area contributed by atoms with E-state index >= 15 is 0 Å². The Bertz CT molecular complexity index is 4420. The van der Waals surface area contributed by atoms with Crippen molar-refractivity contribution in [3.05, 3.63) is 18.2 Å². The minimum atomic E-state index is -1.54. The highest BCUT2D eigenvalue weighted by atomic mass is 16.4. The molecule has 60 heteroatoms. The molecule has 0 aromatic carbocycles. The van der Waals surface area contributed by atoms with E-state index in [1.807, 2.05) is 0 Å². The van der Waals surface area contributed by atoms with Crippen LogP contribution in [-0.2, 0) is 112 Å². The average Bonchev–Trinajstić information content (AvgIpc) is 0.971. The first kappa shape index (κ1) is 129. The molecule has 0 saturated carbocycles. The Morgan fingerprint density at radius 3 is 0.897 bits per heavy atom. The van der Waals surface area contributed by atoms with Crippen LogP contribution in [-0.4, -0.2) is 352 Å². The Balaban J connectivity index is 3.20. The first-order valence-electron chi connectivity index (χ1n) is 48.1. The number of carbonyl (C=O) groups excluding carboxylic acids is 21. The van der Waals surface area contributed by atoms with Crippen LogP contribution in [0.1, 0.15) is 182 Å². The zero-order valence-corrected chi connectivity index (χ0v) is 83.3. The summed E-state index contributed by atoms with van der Waals surface area (Å²) in [4.78, 5) is 299. The number of aliphatic carboxylic acids is 1. The molecule has 0 bridgehead atoms. The molecule has 0 radical (unpaired) electrons. The molecule has 21 amide bonds. The van der Waals surface area contributed by atoms with Gasteiger partial charge in [-0.15, -0.1) is 0 Å². The van der Waals surface area contributed by atoms with Crippen LogP contribution < -0.4 is 168 Å². The number of aromatic amines is 1. The van der Waals surface area contributed by atoms with Gasteiger partial charge in [0.15, 0.2) is 17.9 Å². The SMILES string of the molecule is CC(=O)NCCCC[C@H](NC(=O)CNC(=O)[C@H](CCCNC(=N)N)NC(=O)CNC(=O)[C@@H](N)CO)C(=O)NCC(=O)NCC(=O)N[C@@H](CCCCN)C(=O)NCC(=O)N[C@@H](CC(C)C)C(=O)NCC(=O)N[C@@H](CCCCN)C(=O)NCC(=O)NCC(=O)N[C@@H](C)C(=O)N[C@@H](CCCCNC(C)=O)C(=O)N[C@@H](CCCNC(=N)N)C(=O)N[C@@H](Cc1cnc[nH]1)C(=O)N[C@@H](CCCNC(=N)N)C(=O)N[C@@H](CCCCN)C(=O)O. The van der Waals surface area contributed by atoms with Crippen LogP contribution in [0.5, 0.6) is 0 Å². The highest BCUT2D eigenvalue weighted by Gasteiger charge is 2.36. The highest BCUT2D eigenvalue weighted by molar-refractivity contribution is 6.00. The fourth-order valence-electron chi connectivity index (χ4n) is 13.5. The van der Waals surface area contributed by atoms with Crippen molar-refractivity contribution in [1.82, 2.24) is 138 Å². The molecular weight excluding hydrogens is 1920 g/mol. The standard InChI is InChI=1S/C86H154N36O24/c1-48(2)35-62(117-71(133)45-109-76(138)55(20-7-12-28-88)113-67(129)41-104-65(127)39-107-75(137)56(21-9-14-30-98-50(4)124)115-69(131)43-108-77(139)57(24-16-32-100-84(91)92)116-68(130)42-105-73(135)53(90)46-123)78(140)110-44-70(132)114-54(19-6-11-27-87)74(136)106-38-64(126)103-40-66(128)112-49(3)72(134)118-58(22-10-15-31-99-51(5)125)79(141)119-60(26-18-34-102-86(95)96)81(143)122-63(36-52-37-97-47-111-52)82(144)120-59(25-17-33-101-85(93)94)80(142)121-61(83(145)146)23-8-13-29-89/h37,47-49,53-63,123H,6-36,38-46,87-90H2,1-5H3,(H,97,111)(H,98,124)(H,99,125)(H,103,126)(H,104,127)(H,105,135)(H,106,136)(H,107,137)(H,108,139)(H,109,138)(H,110,140)(H,112,128)(H,113,129)(H,114,132)(H,115,131)(H,116,130)(H,117,133)(H,118,134)(H,119,141)(H,120,144)(H,121,142)(H,122,143)(H,145,146)(H4,91,92,100)(H4,93,94,101)(H4,95,96,102)/t49-,53-,54-,55-,56-,57-,58-,59-,60-,61-,62-,63-/m0/s1. The van der Waals surface area contributed by atoms with Crippen LogP contribution in [0.4, 0.5) is 0 Å². The minimum Gasteiger partial charge on any atom is -0.480 e. The quantitative estimate of drug-likeness (QED) is 0.0164. The third kappa shape index (κ3) is 61.2. The van der Waals surface area contributed by atoms with Crippen molar-refractivity contribution in [3.63, 3.8) is 0 Å². The summed E-state index contributed by atoms with van der Waals surface area (Å²) in [5.74, 6) is -20.6. The van der Waals surface area contributed by atoms with Crippen molar-refractivity contribution in [2.24, 2.45) is 46.1 Å². The Morgan fingerprint density at radius 1 is 0.315 bits per heavy atom. The first-order valence-corrected chi connectivity index (χ1v) is 48.1. The summed E-state index contributed by atoms with van der Waals surface area (Å²) in [6, 6.07) is -16.7. The Morgan fingerprint density at radius 2 is 0.582 bits per heavy atom. The zero-order valence-electron chi connectivity index (χ0n) is 83.3. The van der Waals surface area contributed by atoms with Crippen molar-refractivity contribution in [2.75, 3.05) is 111 Å². The second-order valence-corrected chi connectivity index (χ2v) is 34.4. The van der Waals surface area contributed by atoms with Crippen molar-refractivity contribution in [2.45, 2.75) is 255 Å². The normalized spacial score (nSPS) is 13.3. The van der Waals surface area contributed by atoms with Crippen LogP contribution in [0.25, 0.3) is 0 Å². The molecule has 60 nitrogen and oxygen atoms in total. The number of aliphatic hydroxyl groups is 1. The number of aromatic nitrogens is 2. The van der Waals surface area contributed by atoms with Gasteiger partial charge in [0.2, 0.25) is 124 Å². The molecule has 1 heterocycles. The van der Waals surface area contributed by atoms with Gasteiger partial charge in [0.1, 0.15) is 72.5 Å². The van der Waals surface area contributed by atoms with Crippen LogP contribution in [0, 0.1) is 22.1 Å². The number of hydrogen-bond donors (Lipinski definition) is 37. The smallest absolute Gasteiger partial charge is 0.326 e. The Hall–Kier alpha value is -14.8. The summed E-state index contributed by atoms with van der Waals surface area (Å²) in [5.41, 5.74) is 39.1. The summed E-state index contributed by atoms with van der Waals surface area (Å²) < 4.78 is 0. The predicted octanol–water partition coefficient (Wildman–Crippen LogP) is -14.5. The second-order valence-electron chi connectivity index (χ2n) is 34.4. The van der Waals surface area contributed by atoms with E-state index in [9.17, 15) is 111 Å². The molecule has 822 valence electrons. The maximum Gasteiger partial charge on any atom is 0.326 e. The molecule has 0 unspecified atom stereocenters. The van der Waals surface area contributed by atoms with Gasteiger partial charge in [-0.05, 0) is 174 Å². The van der Waals surface area contributed by atoms with Gasteiger partial charge in [-0.25, -0.2) is 9.78 Å². The van der Waals surface area contributed by atoms with Gasteiger partial charge in [-0.1, -0.05) is 13.8 Å². The molecule has 12 atom stereocenters. The second kappa shape index (κ2) is 75.0. The molecule has 1 aromatic rings. The summed E-state index contributed by atoms with van der Waals surface area (Å²) in [6.07, 6.45) is 5.28. The number of hydrogen-bond acceptors (Lipinski definition) is 31. The molecule has 0 spiro atoms. The first-order chi connectivity index (χ1) is 69.2. The lowest BCUT2D eigenvalue weighted by molar-refractivity contribution is -0.142. The minimum absolute atomic E-state index is 0.000582. The van der Waals surface area contributed by atoms with E-state index in [0.717, 1.165) is 0 Å². The lowest BCUT2D eigenvalue weighted by Crippen LogP contribution is -2.60. The number of guanidine groups is 3. The number of carboxylic acid groups (broad SMARTS) is 1. The third-order valence-electron chi connectivity index (χ3n) is 21.2. The van der Waals surface area contributed by atoms with E-state index in [4.69, 9.17) is 61.5 Å². The van der Waals surface area contributed by atoms with Crippen molar-refractivity contribution in [3.8, 4) is 0 Å². The number of carbonyl (C=O) groups is 22. The molecule has 1 rings (SSSR count). The number of carboxylic acids is 1. The van der Waals surface area contributed by atoms with Crippen LogP contribution in [0.3, 0.4) is 0 Å². The zero-order chi connectivity index (χ0) is 110. The lowest BCUT2D eigenvalue weighted by atomic mass is 10.0. The number of H-pyrrole nitrogens is 1. The molecule has 0 aliphatic heterocycles. The lowest BCUT2D eigenvalue weighted by Gasteiger charge is -2.27. The Labute approximate surface area is 844 Å². The molecule has 0 aliphatic rings. The summed E-state index contributed by atoms with van der Waals surface area (Å²) in [7, 11) is 0. The molecule has 44 N–H and O–H groups in total. The van der Waals surface area contributed by atoms with E-state index < -0.39 is 256 Å². The summed E-state index contributed by atoms with van der Waals surface area (Å²) in [5, 5.41) is 101. The summed E-state index contributed by atoms with van der Waals surface area (Å²) in [6.45, 7) is 1.81. The van der Waals surface area contributed by atoms with Crippen molar-refractivity contribution in [1.29, 1.82) is 16.2 Å². The maximum absolute atomic E-state index is 14.6. The number of amides is 21. The largest absolute Gasteiger partial charge is 0.480 e. The number of nitrogens with one attached hydrogen (secondary N) is 28. The maximum atomic E-state index is 14.6. The summed E-state index contributed by atoms with van der Waals surface area (Å²) >= 11 is 0. The number of rotatable bonds is 78. The van der Waals surface area contributed by atoms with Gasteiger partial charge in [0.25, 0.3) is 0 Å². The molecule has 146 heavy (non-hydrogen) atoms. The van der Waals surface area contributed by atoms with Crippen LogP contribution >= 0.6 is 0 Å². The van der Waals surface area contributed by atoms with Gasteiger partial charge in [-0.3, -0.25) is 117 Å². The van der Waals surface area contributed by atoms with E-state index in [0.29, 0.717) is 44.2 Å². The van der Waals surface area contributed by atoms with E-state index in [1.54, 1.807) is 13.8 Å². The van der Waals surface area contributed by atoms with Gasteiger partial charge < -0.3 is 183 Å². The van der Waals surface area contributed by atoms with Crippen LogP contribution in [0.15, 0.2) is 12.5 Å². The van der Waals surface area contributed by atoms with E-state index in [2.05, 4.69) is 138 Å². The average molecular weight is 2080 g/mol. The van der Waals surface area contributed by atoms with E-state index in [-0.39, 0.29) is 191 Å². The highest BCUT2D eigenvalue weighted by Crippen LogP contribution is 2.13. The number of aliphatic hydroxyl groups excluding tert-OH is 1. The molecular formula is C86H154N36O24. The van der Waals surface area contributed by atoms with Gasteiger partial charge >= 0.3 is 5.97 Å². The fourth-order valence-corrected chi connectivity index (χ4v) is 13.5. The topological polar surface area (TPSA) is 987 Å².